The van der Waals surface area contributed by atoms with Crippen molar-refractivity contribution in [2.75, 3.05) is 7.11 Å². The van der Waals surface area contributed by atoms with Crippen LogP contribution < -0.4 is 10.1 Å². The van der Waals surface area contributed by atoms with Crippen LogP contribution in [0.15, 0.2) is 58.6 Å². The Morgan fingerprint density at radius 2 is 1.90 bits per heavy atom. The second kappa shape index (κ2) is 7.47. The summed E-state index contributed by atoms with van der Waals surface area (Å²) >= 11 is 3.12. The second-order valence-corrected chi connectivity index (χ2v) is 9.17. The Kier molecular flexibility index (Phi) is 4.75. The number of thiazole rings is 1. The summed E-state index contributed by atoms with van der Waals surface area (Å²) < 4.78 is 5.28. The molecule has 2 aromatic carbocycles. The number of amides is 3. The van der Waals surface area contributed by atoms with Crippen molar-refractivity contribution in [3.63, 3.8) is 0 Å². The summed E-state index contributed by atoms with van der Waals surface area (Å²) in [6, 6.07) is 13.1. The first-order valence-corrected chi connectivity index (χ1v) is 11.5. The minimum Gasteiger partial charge on any atom is -0.497 e. The molecule has 156 valence electrons. The maximum atomic E-state index is 13.3. The number of nitrogens with one attached hydrogen (secondary N) is 1. The van der Waals surface area contributed by atoms with Crippen molar-refractivity contribution >= 4 is 45.4 Å². The number of urea groups is 1. The van der Waals surface area contributed by atoms with Crippen LogP contribution in [0.1, 0.15) is 18.2 Å². The van der Waals surface area contributed by atoms with E-state index in [1.165, 1.54) is 16.2 Å². The maximum Gasteiger partial charge on any atom is 0.325 e. The van der Waals surface area contributed by atoms with E-state index in [-0.39, 0.29) is 12.5 Å². The number of imide groups is 1. The van der Waals surface area contributed by atoms with Crippen molar-refractivity contribution in [3.8, 4) is 16.3 Å². The number of methoxy groups -OCH3 is 1. The van der Waals surface area contributed by atoms with Crippen molar-refractivity contribution in [1.82, 2.24) is 15.2 Å². The minimum absolute atomic E-state index is 0.145. The molecule has 1 N–H and O–H groups in total. The Bertz CT molecular complexity index is 1300. The molecule has 1 atom stereocenters. The summed E-state index contributed by atoms with van der Waals surface area (Å²) in [6.07, 6.45) is 0. The summed E-state index contributed by atoms with van der Waals surface area (Å²) in [5, 5.41) is 11.7. The fourth-order valence-electron chi connectivity index (χ4n) is 3.76. The van der Waals surface area contributed by atoms with Gasteiger partial charge in [-0.3, -0.25) is 9.69 Å². The molecule has 1 aliphatic heterocycles. The Morgan fingerprint density at radius 3 is 2.68 bits per heavy atom. The SMILES string of the molecule is COc1ccc2cc([C@@]3(C)NC(=O)N(Cc4csc(-c5ccsc5)n4)C3=O)ccc2c1. The number of carbonyl (C=O) groups is 2. The number of fused-ring (bicyclic) bond motifs is 1. The molecule has 8 heteroatoms. The summed E-state index contributed by atoms with van der Waals surface area (Å²) in [5.74, 6) is 0.489. The lowest BCUT2D eigenvalue weighted by Crippen LogP contribution is -2.40. The number of aromatic nitrogens is 1. The van der Waals surface area contributed by atoms with Crippen LogP contribution >= 0.6 is 22.7 Å². The van der Waals surface area contributed by atoms with Gasteiger partial charge in [0, 0.05) is 16.3 Å². The fraction of sp³-hybridized carbons (Fsp3) is 0.174. The first kappa shape index (κ1) is 19.7. The zero-order valence-corrected chi connectivity index (χ0v) is 18.5. The van der Waals surface area contributed by atoms with Gasteiger partial charge in [-0.05, 0) is 52.9 Å². The number of rotatable bonds is 5. The third-order valence-corrected chi connectivity index (χ3v) is 7.16. The van der Waals surface area contributed by atoms with E-state index in [9.17, 15) is 9.59 Å². The molecule has 0 saturated carbocycles. The monoisotopic (exact) mass is 449 g/mol. The molecule has 4 aromatic rings. The average molecular weight is 450 g/mol. The van der Waals surface area contributed by atoms with Gasteiger partial charge in [0.05, 0.1) is 19.3 Å². The molecule has 6 nitrogen and oxygen atoms in total. The molecule has 2 aromatic heterocycles. The van der Waals surface area contributed by atoms with E-state index in [2.05, 4.69) is 10.3 Å². The molecule has 0 bridgehead atoms. The minimum atomic E-state index is -1.13. The van der Waals surface area contributed by atoms with Crippen LogP contribution in [0.2, 0.25) is 0 Å². The van der Waals surface area contributed by atoms with E-state index in [4.69, 9.17) is 4.74 Å². The highest BCUT2D eigenvalue weighted by atomic mass is 32.1. The van der Waals surface area contributed by atoms with Gasteiger partial charge in [0.15, 0.2) is 0 Å². The van der Waals surface area contributed by atoms with E-state index >= 15 is 0 Å². The number of hydrogen-bond acceptors (Lipinski definition) is 6. The molecule has 1 saturated heterocycles. The van der Waals surface area contributed by atoms with Crippen LogP contribution in [0.4, 0.5) is 4.79 Å². The van der Waals surface area contributed by atoms with Crippen LogP contribution in [0.25, 0.3) is 21.3 Å². The van der Waals surface area contributed by atoms with Gasteiger partial charge in [0.1, 0.15) is 16.3 Å². The van der Waals surface area contributed by atoms with Crippen LogP contribution in [0.5, 0.6) is 5.75 Å². The zero-order valence-electron chi connectivity index (χ0n) is 16.9. The first-order chi connectivity index (χ1) is 15.0. The summed E-state index contributed by atoms with van der Waals surface area (Å²) in [4.78, 5) is 31.9. The normalized spacial score (nSPS) is 18.6. The van der Waals surface area contributed by atoms with E-state index < -0.39 is 11.6 Å². The Morgan fingerprint density at radius 1 is 1.10 bits per heavy atom. The van der Waals surface area contributed by atoms with Crippen LogP contribution in [0, 0.1) is 0 Å². The Balaban J connectivity index is 1.42. The molecule has 5 rings (SSSR count). The Labute approximate surface area is 187 Å². The van der Waals surface area contributed by atoms with Crippen molar-refractivity contribution < 1.29 is 14.3 Å². The van der Waals surface area contributed by atoms with Gasteiger partial charge in [0.25, 0.3) is 5.91 Å². The largest absolute Gasteiger partial charge is 0.497 e. The molecule has 0 aliphatic carbocycles. The molecule has 1 fully saturated rings. The molecule has 0 unspecified atom stereocenters. The van der Waals surface area contributed by atoms with Crippen molar-refractivity contribution in [1.29, 1.82) is 0 Å². The number of hydrogen-bond donors (Lipinski definition) is 1. The number of nitrogens with zero attached hydrogens (tertiary/aromatic N) is 2. The summed E-state index contributed by atoms with van der Waals surface area (Å²) in [6.45, 7) is 1.89. The molecule has 0 spiro atoms. The lowest BCUT2D eigenvalue weighted by molar-refractivity contribution is -0.131. The first-order valence-electron chi connectivity index (χ1n) is 9.67. The average Bonchev–Trinajstić information content (AvgIpc) is 3.51. The highest BCUT2D eigenvalue weighted by molar-refractivity contribution is 7.14. The van der Waals surface area contributed by atoms with Gasteiger partial charge in [-0.15, -0.1) is 11.3 Å². The van der Waals surface area contributed by atoms with E-state index in [1.807, 2.05) is 58.6 Å². The van der Waals surface area contributed by atoms with Gasteiger partial charge in [-0.1, -0.05) is 18.2 Å². The van der Waals surface area contributed by atoms with Crippen molar-refractivity contribution in [2.45, 2.75) is 19.0 Å². The third kappa shape index (κ3) is 3.37. The molecule has 31 heavy (non-hydrogen) atoms. The predicted molar refractivity (Wildman–Crippen MR) is 122 cm³/mol. The maximum absolute atomic E-state index is 13.3. The molecule has 3 heterocycles. The predicted octanol–water partition coefficient (Wildman–Crippen LogP) is 5.00. The molecule has 1 aliphatic rings. The summed E-state index contributed by atoms with van der Waals surface area (Å²) in [7, 11) is 1.63. The van der Waals surface area contributed by atoms with Gasteiger partial charge in [0.2, 0.25) is 0 Å². The zero-order chi connectivity index (χ0) is 21.6. The molecule has 3 amide bonds. The smallest absolute Gasteiger partial charge is 0.325 e. The van der Waals surface area contributed by atoms with E-state index in [0.717, 1.165) is 32.7 Å². The molecular weight excluding hydrogens is 430 g/mol. The van der Waals surface area contributed by atoms with Crippen LogP contribution in [0.3, 0.4) is 0 Å². The molecular formula is C23H19N3O3S2. The van der Waals surface area contributed by atoms with Gasteiger partial charge in [-0.2, -0.15) is 11.3 Å². The Hall–Kier alpha value is -3.23. The van der Waals surface area contributed by atoms with Crippen LogP contribution in [-0.4, -0.2) is 28.9 Å². The number of benzene rings is 2. The van der Waals surface area contributed by atoms with Crippen molar-refractivity contribution in [2.24, 2.45) is 0 Å². The van der Waals surface area contributed by atoms with Crippen LogP contribution in [-0.2, 0) is 16.9 Å². The highest BCUT2D eigenvalue weighted by Crippen LogP contribution is 2.33. The lowest BCUT2D eigenvalue weighted by Gasteiger charge is -2.22. The quantitative estimate of drug-likeness (QED) is 0.435. The number of thiophene rings is 1. The van der Waals surface area contributed by atoms with E-state index in [1.54, 1.807) is 25.4 Å². The second-order valence-electron chi connectivity index (χ2n) is 7.53. The fourth-order valence-corrected chi connectivity index (χ4v) is 5.28. The standard InChI is InChI=1S/C23H19N3O3S2/c1-23(17-5-3-15-10-19(29-2)6-4-14(15)9-17)21(27)26(22(28)25-23)11-18-13-31-20(24-18)16-7-8-30-12-16/h3-10,12-13H,11H2,1-2H3,(H,25,28)/t23-/m1/s1. The van der Waals surface area contributed by atoms with Gasteiger partial charge < -0.3 is 10.1 Å². The van der Waals surface area contributed by atoms with Gasteiger partial charge in [-0.25, -0.2) is 9.78 Å². The highest BCUT2D eigenvalue weighted by Gasteiger charge is 2.49. The topological polar surface area (TPSA) is 71.5 Å². The van der Waals surface area contributed by atoms with Gasteiger partial charge >= 0.3 is 6.03 Å². The molecule has 0 radical (unpaired) electrons. The van der Waals surface area contributed by atoms with E-state index in [0.29, 0.717) is 5.69 Å². The number of ether oxygens (including phenoxy) is 1. The summed E-state index contributed by atoms with van der Waals surface area (Å²) in [5.41, 5.74) is 1.36. The number of carbonyl (C=O) groups excluding carboxylic acids is 2. The van der Waals surface area contributed by atoms with Crippen molar-refractivity contribution in [3.05, 3.63) is 69.9 Å². The third-order valence-electron chi connectivity index (χ3n) is 5.54. The lowest BCUT2D eigenvalue weighted by atomic mass is 9.90.